The topological polar surface area (TPSA) is 72.2 Å². The van der Waals surface area contributed by atoms with Crippen LogP contribution in [0, 0.1) is 21.7 Å². The molecule has 7 heteroatoms. The highest BCUT2D eigenvalue weighted by Gasteiger charge is 2.25. The standard InChI is InChI=1S/C12H12F2N2O3/c1-2-3-4-7-15-12(17)10-8(13)5-6-9(11(10)14)16(18)19/h2-3,5-6H,4,7H2,1H3,(H,15,17)/b3-2+. The van der Waals surface area contributed by atoms with Crippen LogP contribution in [-0.4, -0.2) is 17.4 Å². The minimum Gasteiger partial charge on any atom is -0.352 e. The summed E-state index contributed by atoms with van der Waals surface area (Å²) in [4.78, 5) is 21.1. The van der Waals surface area contributed by atoms with Crippen molar-refractivity contribution < 1.29 is 18.5 Å². The summed E-state index contributed by atoms with van der Waals surface area (Å²) in [6.07, 6.45) is 4.03. The van der Waals surface area contributed by atoms with E-state index in [-0.39, 0.29) is 6.54 Å². The number of nitro benzene ring substituents is 1. The van der Waals surface area contributed by atoms with Gasteiger partial charge in [-0.15, -0.1) is 0 Å². The van der Waals surface area contributed by atoms with Crippen molar-refractivity contribution >= 4 is 11.6 Å². The first-order valence-electron chi connectivity index (χ1n) is 5.50. The maximum absolute atomic E-state index is 13.7. The van der Waals surface area contributed by atoms with Gasteiger partial charge in [0.1, 0.15) is 11.4 Å². The van der Waals surface area contributed by atoms with E-state index in [4.69, 9.17) is 0 Å². The number of carbonyl (C=O) groups excluding carboxylic acids is 1. The smallest absolute Gasteiger partial charge is 0.305 e. The van der Waals surface area contributed by atoms with Crippen molar-refractivity contribution in [2.45, 2.75) is 13.3 Å². The summed E-state index contributed by atoms with van der Waals surface area (Å²) in [6.45, 7) is 1.98. The Balaban J connectivity index is 2.95. The van der Waals surface area contributed by atoms with E-state index in [1.165, 1.54) is 0 Å². The molecule has 0 saturated carbocycles. The Labute approximate surface area is 108 Å². The molecule has 1 rings (SSSR count). The summed E-state index contributed by atoms with van der Waals surface area (Å²) in [6, 6.07) is 1.38. The van der Waals surface area contributed by atoms with E-state index in [9.17, 15) is 23.7 Å². The van der Waals surface area contributed by atoms with Gasteiger partial charge in [0.05, 0.1) is 4.92 Å². The van der Waals surface area contributed by atoms with Crippen molar-refractivity contribution in [3.8, 4) is 0 Å². The molecule has 0 saturated heterocycles. The largest absolute Gasteiger partial charge is 0.352 e. The van der Waals surface area contributed by atoms with Crippen LogP contribution in [0.25, 0.3) is 0 Å². The minimum atomic E-state index is -1.46. The average molecular weight is 270 g/mol. The molecule has 102 valence electrons. The van der Waals surface area contributed by atoms with E-state index in [0.29, 0.717) is 18.6 Å². The fraction of sp³-hybridized carbons (Fsp3) is 0.250. The molecule has 0 heterocycles. The molecule has 0 unspecified atom stereocenters. The van der Waals surface area contributed by atoms with E-state index >= 15 is 0 Å². The van der Waals surface area contributed by atoms with Crippen LogP contribution in [0.5, 0.6) is 0 Å². The van der Waals surface area contributed by atoms with Crippen molar-refractivity contribution in [2.75, 3.05) is 6.54 Å². The Bertz CT molecular complexity index is 530. The minimum absolute atomic E-state index is 0.185. The molecule has 1 amide bonds. The van der Waals surface area contributed by atoms with Crippen LogP contribution in [-0.2, 0) is 0 Å². The van der Waals surface area contributed by atoms with Crippen LogP contribution >= 0.6 is 0 Å². The Morgan fingerprint density at radius 3 is 2.74 bits per heavy atom. The number of hydrogen-bond donors (Lipinski definition) is 1. The monoisotopic (exact) mass is 270 g/mol. The number of amides is 1. The van der Waals surface area contributed by atoms with Gasteiger partial charge in [0, 0.05) is 12.6 Å². The van der Waals surface area contributed by atoms with E-state index in [1.807, 2.05) is 0 Å². The molecule has 0 atom stereocenters. The lowest BCUT2D eigenvalue weighted by atomic mass is 10.1. The molecule has 0 aliphatic rings. The zero-order chi connectivity index (χ0) is 14.4. The molecular weight excluding hydrogens is 258 g/mol. The number of hydrogen-bond acceptors (Lipinski definition) is 3. The molecule has 0 aliphatic heterocycles. The second-order valence-electron chi connectivity index (χ2n) is 3.63. The van der Waals surface area contributed by atoms with Gasteiger partial charge in [-0.1, -0.05) is 12.2 Å². The van der Waals surface area contributed by atoms with Crippen molar-refractivity contribution in [3.05, 3.63) is 51.6 Å². The molecule has 0 aromatic heterocycles. The van der Waals surface area contributed by atoms with Crippen molar-refractivity contribution in [1.29, 1.82) is 0 Å². The summed E-state index contributed by atoms with van der Waals surface area (Å²) >= 11 is 0. The zero-order valence-corrected chi connectivity index (χ0v) is 10.2. The molecule has 1 N–H and O–H groups in total. The first-order valence-corrected chi connectivity index (χ1v) is 5.50. The summed E-state index contributed by atoms with van der Waals surface area (Å²) in [5.74, 6) is -3.61. The first kappa shape index (κ1) is 14.7. The molecule has 0 aliphatic carbocycles. The number of nitrogens with one attached hydrogen (secondary N) is 1. The Morgan fingerprint density at radius 2 is 2.16 bits per heavy atom. The first-order chi connectivity index (χ1) is 8.99. The van der Waals surface area contributed by atoms with Gasteiger partial charge in [-0.3, -0.25) is 14.9 Å². The SMILES string of the molecule is C/C=C/CCNC(=O)c1c(F)ccc([N+](=O)[O-])c1F. The van der Waals surface area contributed by atoms with E-state index < -0.39 is 33.7 Å². The second-order valence-corrected chi connectivity index (χ2v) is 3.63. The molecule has 0 bridgehead atoms. The van der Waals surface area contributed by atoms with E-state index in [2.05, 4.69) is 5.32 Å². The lowest BCUT2D eigenvalue weighted by Crippen LogP contribution is -2.26. The lowest BCUT2D eigenvalue weighted by Gasteiger charge is -2.06. The summed E-state index contributed by atoms with van der Waals surface area (Å²) in [5.41, 5.74) is -1.87. The zero-order valence-electron chi connectivity index (χ0n) is 10.2. The van der Waals surface area contributed by atoms with Crippen LogP contribution in [0.15, 0.2) is 24.3 Å². The van der Waals surface area contributed by atoms with E-state index in [1.54, 1.807) is 19.1 Å². The number of benzene rings is 1. The fourth-order valence-electron chi connectivity index (χ4n) is 1.41. The lowest BCUT2D eigenvalue weighted by molar-refractivity contribution is -0.387. The predicted molar refractivity (Wildman–Crippen MR) is 64.8 cm³/mol. The maximum Gasteiger partial charge on any atom is 0.305 e. The normalized spacial score (nSPS) is 10.7. The molecule has 0 spiro atoms. The fourth-order valence-corrected chi connectivity index (χ4v) is 1.41. The van der Waals surface area contributed by atoms with Gasteiger partial charge in [0.15, 0.2) is 0 Å². The van der Waals surface area contributed by atoms with Gasteiger partial charge in [-0.05, 0) is 19.4 Å². The maximum atomic E-state index is 13.7. The Kier molecular flexibility index (Phi) is 5.11. The molecule has 19 heavy (non-hydrogen) atoms. The molecule has 1 aromatic carbocycles. The van der Waals surface area contributed by atoms with Gasteiger partial charge in [-0.2, -0.15) is 4.39 Å². The molecule has 1 aromatic rings. The predicted octanol–water partition coefficient (Wildman–Crippen LogP) is 2.57. The van der Waals surface area contributed by atoms with Crippen molar-refractivity contribution in [2.24, 2.45) is 0 Å². The number of nitro groups is 1. The summed E-state index contributed by atoms with van der Waals surface area (Å²) < 4.78 is 27.0. The highest BCUT2D eigenvalue weighted by Crippen LogP contribution is 2.22. The Hall–Kier alpha value is -2.31. The number of halogens is 2. The number of allylic oxidation sites excluding steroid dienone is 1. The third-order valence-electron chi connectivity index (χ3n) is 2.33. The molecule has 0 radical (unpaired) electrons. The van der Waals surface area contributed by atoms with Gasteiger partial charge in [0.25, 0.3) is 5.91 Å². The second kappa shape index (κ2) is 6.58. The van der Waals surface area contributed by atoms with Gasteiger partial charge >= 0.3 is 5.69 Å². The van der Waals surface area contributed by atoms with Crippen LogP contribution in [0.1, 0.15) is 23.7 Å². The average Bonchev–Trinajstić information content (AvgIpc) is 2.34. The van der Waals surface area contributed by atoms with Gasteiger partial charge in [0.2, 0.25) is 5.82 Å². The molecule has 0 fully saturated rings. The quantitative estimate of drug-likeness (QED) is 0.387. The van der Waals surface area contributed by atoms with E-state index in [0.717, 1.165) is 0 Å². The summed E-state index contributed by atoms with van der Waals surface area (Å²) in [5, 5.41) is 12.8. The third kappa shape index (κ3) is 3.57. The third-order valence-corrected chi connectivity index (χ3v) is 2.33. The number of carbonyl (C=O) groups is 1. The molecular formula is C12H12F2N2O3. The highest BCUT2D eigenvalue weighted by atomic mass is 19.1. The van der Waals surface area contributed by atoms with Crippen LogP contribution in [0.4, 0.5) is 14.5 Å². The highest BCUT2D eigenvalue weighted by molar-refractivity contribution is 5.95. The molecule has 5 nitrogen and oxygen atoms in total. The Morgan fingerprint density at radius 1 is 1.47 bits per heavy atom. The number of rotatable bonds is 5. The van der Waals surface area contributed by atoms with Crippen molar-refractivity contribution in [1.82, 2.24) is 5.32 Å². The van der Waals surface area contributed by atoms with Crippen molar-refractivity contribution in [3.63, 3.8) is 0 Å². The van der Waals surface area contributed by atoms with Crippen LogP contribution in [0.2, 0.25) is 0 Å². The van der Waals surface area contributed by atoms with Crippen LogP contribution < -0.4 is 5.32 Å². The summed E-state index contributed by atoms with van der Waals surface area (Å²) in [7, 11) is 0. The van der Waals surface area contributed by atoms with Crippen LogP contribution in [0.3, 0.4) is 0 Å². The van der Waals surface area contributed by atoms with Gasteiger partial charge in [-0.25, -0.2) is 4.39 Å². The number of nitrogens with zero attached hydrogens (tertiary/aromatic N) is 1. The van der Waals surface area contributed by atoms with Gasteiger partial charge < -0.3 is 5.32 Å².